The lowest BCUT2D eigenvalue weighted by atomic mass is 10.0. The Bertz CT molecular complexity index is 903. The lowest BCUT2D eigenvalue weighted by molar-refractivity contribution is -0.557. The third-order valence-electron chi connectivity index (χ3n) is 5.37. The Kier molecular flexibility index (Phi) is 6.73. The fourth-order valence-corrected chi connectivity index (χ4v) is 8.31. The van der Waals surface area contributed by atoms with Crippen molar-refractivity contribution in [2.45, 2.75) is 26.3 Å². The van der Waals surface area contributed by atoms with E-state index in [0.29, 0.717) is 0 Å². The second-order valence-electron chi connectivity index (χ2n) is 8.70. The van der Waals surface area contributed by atoms with E-state index in [9.17, 15) is 10.2 Å². The van der Waals surface area contributed by atoms with Gasteiger partial charge in [0, 0.05) is 7.05 Å². The molecule has 0 saturated heterocycles. The molecule has 0 aromatic heterocycles. The van der Waals surface area contributed by atoms with Crippen molar-refractivity contribution in [3.63, 3.8) is 0 Å². The molecule has 0 bridgehead atoms. The van der Waals surface area contributed by atoms with Crippen molar-refractivity contribution in [2.24, 2.45) is 0 Å². The zero-order valence-electron chi connectivity index (χ0n) is 19.2. The number of aromatic hydroxyl groups is 2. The largest absolute Gasteiger partial charge is 0.508 e. The van der Waals surface area contributed by atoms with Gasteiger partial charge in [-0.05, 0) is 84.4 Å². The number of phenols is 2. The van der Waals surface area contributed by atoms with Crippen LogP contribution in [0.2, 0.25) is 0 Å². The van der Waals surface area contributed by atoms with Gasteiger partial charge in [0.2, 0.25) is 0 Å². The molecule has 0 fully saturated rings. The summed E-state index contributed by atoms with van der Waals surface area (Å²) in [4.78, 5) is 0. The van der Waals surface area contributed by atoms with Crippen molar-refractivity contribution in [3.05, 3.63) is 42.5 Å². The highest BCUT2D eigenvalue weighted by Gasteiger charge is 2.44. The van der Waals surface area contributed by atoms with Gasteiger partial charge in [-0.15, -0.1) is 0 Å². The van der Waals surface area contributed by atoms with E-state index in [0.717, 1.165) is 16.8 Å². The van der Waals surface area contributed by atoms with Gasteiger partial charge in [0.15, 0.2) is 5.54 Å². The van der Waals surface area contributed by atoms with E-state index in [1.807, 2.05) is 31.3 Å². The van der Waals surface area contributed by atoms with E-state index in [-0.39, 0.29) is 17.0 Å². The minimum atomic E-state index is -2.18. The quantitative estimate of drug-likeness (QED) is 0.688. The summed E-state index contributed by atoms with van der Waals surface area (Å²) >= 11 is 0. The smallest absolute Gasteiger partial charge is 0.336 e. The summed E-state index contributed by atoms with van der Waals surface area (Å²) in [5.74, 6) is 0.479. The zero-order valence-corrected chi connectivity index (χ0v) is 20.1. The van der Waals surface area contributed by atoms with Gasteiger partial charge in [0.25, 0.3) is 0 Å². The summed E-state index contributed by atoms with van der Waals surface area (Å²) in [6.07, 6.45) is 0. The Hall–Kier alpha value is -2.01. The number of nitrogens with zero attached hydrogens (tertiary/aromatic N) is 4. The number of hydrogen-bond donors (Lipinski definition) is 2. The molecule has 0 radical (unpaired) electrons. The lowest BCUT2D eigenvalue weighted by Crippen LogP contribution is -2.43. The standard InChI is InChI=1S/C22H35N4O2P/c1-22(2,3)26(9)29(23(4)5,24(6)7)25(8)20-16-18(12-15-21(20)28)17-10-13-19(27)14-11-17/h10-16H,1-9H3,(H-,27,28)/p+1. The van der Waals surface area contributed by atoms with Crippen molar-refractivity contribution >= 4 is 13.2 Å². The average Bonchev–Trinajstić information content (AvgIpc) is 2.62. The number of hydrogen-bond acceptors (Lipinski definition) is 2. The van der Waals surface area contributed by atoms with Crippen LogP contribution < -0.4 is 4.67 Å². The predicted octanol–water partition coefficient (Wildman–Crippen LogP) is 4.71. The minimum Gasteiger partial charge on any atom is -0.508 e. The molecule has 0 heterocycles. The van der Waals surface area contributed by atoms with E-state index in [2.05, 4.69) is 74.3 Å². The van der Waals surface area contributed by atoms with E-state index >= 15 is 0 Å². The molecule has 0 aliphatic rings. The third-order valence-corrected chi connectivity index (χ3v) is 9.95. The first kappa shape index (κ1) is 23.3. The van der Waals surface area contributed by atoms with Crippen LogP contribution in [0.5, 0.6) is 11.5 Å². The molecular weight excluding hydrogens is 383 g/mol. The van der Waals surface area contributed by atoms with E-state index in [4.69, 9.17) is 0 Å². The molecule has 0 aliphatic heterocycles. The SMILES string of the molecule is CN(C)P(N(C)C)(N(C)c1cc(-c2ccc(O)cc2)ccc1O)=[N+](C)C(C)(C)C. The van der Waals surface area contributed by atoms with Gasteiger partial charge in [0.05, 0.1) is 5.69 Å². The number of benzene rings is 2. The first-order valence-electron chi connectivity index (χ1n) is 9.69. The summed E-state index contributed by atoms with van der Waals surface area (Å²) in [5, 5.41) is 20.4. The van der Waals surface area contributed by atoms with Crippen LogP contribution in [-0.4, -0.2) is 71.7 Å². The van der Waals surface area contributed by atoms with Gasteiger partial charge in [-0.3, -0.25) is 4.67 Å². The molecule has 0 atom stereocenters. The van der Waals surface area contributed by atoms with Crippen LogP contribution in [0.4, 0.5) is 5.69 Å². The molecule has 7 heteroatoms. The molecule has 0 unspecified atom stereocenters. The Balaban J connectivity index is 2.77. The molecule has 2 aromatic carbocycles. The summed E-state index contributed by atoms with van der Waals surface area (Å²) in [6, 6.07) is 12.8. The van der Waals surface area contributed by atoms with Crippen molar-refractivity contribution in [1.29, 1.82) is 0 Å². The van der Waals surface area contributed by atoms with Crippen LogP contribution in [0.1, 0.15) is 20.8 Å². The Morgan fingerprint density at radius 1 is 0.793 bits per heavy atom. The van der Waals surface area contributed by atoms with E-state index < -0.39 is 7.51 Å². The Morgan fingerprint density at radius 3 is 1.72 bits per heavy atom. The molecule has 0 spiro atoms. The lowest BCUT2D eigenvalue weighted by Gasteiger charge is -2.42. The highest BCUT2D eigenvalue weighted by Crippen LogP contribution is 2.59. The van der Waals surface area contributed by atoms with Gasteiger partial charge in [0.1, 0.15) is 18.5 Å². The van der Waals surface area contributed by atoms with E-state index in [1.165, 1.54) is 0 Å². The maximum atomic E-state index is 10.8. The first-order valence-corrected chi connectivity index (χ1v) is 11.3. The Labute approximate surface area is 175 Å². The predicted molar refractivity (Wildman–Crippen MR) is 124 cm³/mol. The average molecular weight is 420 g/mol. The highest BCUT2D eigenvalue weighted by molar-refractivity contribution is 7.60. The summed E-state index contributed by atoms with van der Waals surface area (Å²) in [7, 11) is 10.4. The van der Waals surface area contributed by atoms with Crippen LogP contribution in [0, 0.1) is 0 Å². The number of rotatable bonds is 5. The summed E-state index contributed by atoms with van der Waals surface area (Å²) in [6.45, 7) is 6.61. The summed E-state index contributed by atoms with van der Waals surface area (Å²) in [5.41, 5.74) is 2.65. The maximum absolute atomic E-state index is 10.8. The van der Waals surface area contributed by atoms with Crippen molar-refractivity contribution in [3.8, 4) is 22.6 Å². The number of anilines is 1. The van der Waals surface area contributed by atoms with Crippen LogP contribution >= 0.6 is 7.51 Å². The fourth-order valence-electron chi connectivity index (χ4n) is 3.80. The molecule has 0 amide bonds. The molecule has 2 rings (SSSR count). The van der Waals surface area contributed by atoms with Crippen molar-refractivity contribution in [1.82, 2.24) is 9.34 Å². The van der Waals surface area contributed by atoms with Crippen molar-refractivity contribution < 1.29 is 14.5 Å². The molecular formula is C22H36N4O2P+. The normalized spacial score (nSPS) is 12.5. The minimum absolute atomic E-state index is 0.0826. The van der Waals surface area contributed by atoms with Crippen LogP contribution in [0.25, 0.3) is 11.1 Å². The zero-order chi connectivity index (χ0) is 22.1. The molecule has 0 aliphatic carbocycles. The summed E-state index contributed by atoms with van der Waals surface area (Å²) < 4.78 is 9.11. The maximum Gasteiger partial charge on any atom is 0.336 e. The monoisotopic (exact) mass is 419 g/mol. The van der Waals surface area contributed by atoms with Gasteiger partial charge in [-0.2, -0.15) is 0 Å². The Morgan fingerprint density at radius 2 is 1.28 bits per heavy atom. The molecule has 2 aromatic rings. The van der Waals surface area contributed by atoms with Crippen molar-refractivity contribution in [2.75, 3.05) is 47.0 Å². The molecule has 0 saturated carbocycles. The molecule has 6 nitrogen and oxygen atoms in total. The molecule has 29 heavy (non-hydrogen) atoms. The second-order valence-corrected chi connectivity index (χ2v) is 12.6. The third kappa shape index (κ3) is 4.30. The van der Waals surface area contributed by atoms with Gasteiger partial charge >= 0.3 is 7.51 Å². The van der Waals surface area contributed by atoms with Crippen LogP contribution in [0.3, 0.4) is 0 Å². The fraction of sp³-hybridized carbons (Fsp3) is 0.455. The molecule has 160 valence electrons. The highest BCUT2D eigenvalue weighted by atomic mass is 31.2. The van der Waals surface area contributed by atoms with Gasteiger partial charge in [-0.25, -0.2) is 13.7 Å². The van der Waals surface area contributed by atoms with Crippen LogP contribution in [0.15, 0.2) is 42.5 Å². The second kappa shape index (κ2) is 8.39. The topological polar surface area (TPSA) is 53.2 Å². The number of phenolic OH excluding ortho intramolecular Hbond substituents is 2. The van der Waals surface area contributed by atoms with Crippen LogP contribution in [-0.2, 0) is 0 Å². The van der Waals surface area contributed by atoms with Gasteiger partial charge in [-0.1, -0.05) is 18.2 Å². The first-order chi connectivity index (χ1) is 13.3. The van der Waals surface area contributed by atoms with Gasteiger partial charge < -0.3 is 10.2 Å². The molecule has 2 N–H and O–H groups in total. The van der Waals surface area contributed by atoms with E-state index in [1.54, 1.807) is 18.2 Å².